The maximum Gasteiger partial charge on any atom is 0.223 e. The molecule has 0 radical (unpaired) electrons. The number of rotatable bonds is 5. The van der Waals surface area contributed by atoms with E-state index in [2.05, 4.69) is 10.2 Å². The van der Waals surface area contributed by atoms with Gasteiger partial charge in [-0.25, -0.2) is 8.42 Å². The first-order valence-corrected chi connectivity index (χ1v) is 9.32. The van der Waals surface area contributed by atoms with Crippen LogP contribution in [0, 0.1) is 0 Å². The molecule has 130 valence electrons. The van der Waals surface area contributed by atoms with Gasteiger partial charge in [-0.3, -0.25) is 4.79 Å². The minimum absolute atomic E-state index is 0. The molecule has 0 bridgehead atoms. The lowest BCUT2D eigenvalue weighted by molar-refractivity contribution is -0.132. The summed E-state index contributed by atoms with van der Waals surface area (Å²) in [6.07, 6.45) is 0.528. The zero-order chi connectivity index (χ0) is 15.3. The molecule has 0 atom stereocenters. The first kappa shape index (κ1) is 19.6. The number of carbonyl (C=O) groups excluding carboxylic acids is 1. The molecule has 0 unspecified atom stereocenters. The molecule has 9 heteroatoms. The average molecular weight is 355 g/mol. The Balaban J connectivity index is 0.00000242. The summed E-state index contributed by atoms with van der Waals surface area (Å²) in [4.78, 5) is 16.2. The van der Waals surface area contributed by atoms with Gasteiger partial charge in [0.05, 0.1) is 5.75 Å². The van der Waals surface area contributed by atoms with Crippen molar-refractivity contribution >= 4 is 28.3 Å². The Labute approximate surface area is 139 Å². The molecule has 2 aliphatic heterocycles. The number of halogens is 1. The molecule has 22 heavy (non-hydrogen) atoms. The summed E-state index contributed by atoms with van der Waals surface area (Å²) in [6.45, 7) is 8.25. The van der Waals surface area contributed by atoms with E-state index < -0.39 is 10.0 Å². The van der Waals surface area contributed by atoms with Crippen molar-refractivity contribution in [2.24, 2.45) is 0 Å². The van der Waals surface area contributed by atoms with Gasteiger partial charge in [-0.15, -0.1) is 12.4 Å². The number of nitrogens with zero attached hydrogens (tertiary/aromatic N) is 3. The molecule has 2 saturated heterocycles. The summed E-state index contributed by atoms with van der Waals surface area (Å²) in [6, 6.07) is 0. The van der Waals surface area contributed by atoms with Gasteiger partial charge in [0.25, 0.3) is 0 Å². The van der Waals surface area contributed by atoms with Crippen LogP contribution in [0.5, 0.6) is 0 Å². The van der Waals surface area contributed by atoms with Gasteiger partial charge in [0, 0.05) is 65.3 Å². The normalized spacial score (nSPS) is 21.4. The van der Waals surface area contributed by atoms with E-state index in [1.807, 2.05) is 4.90 Å². The number of sulfonamides is 1. The standard InChI is InChI=1S/C13H26N4O3S.ClH/c1-2-21(19,20)17-11-9-15(10-12-17)6-3-13(18)16-7-4-14-5-8-16;/h14H,2-12H2,1H3;1H. The SMILES string of the molecule is CCS(=O)(=O)N1CCN(CCC(=O)N2CCNCC2)CC1.Cl. The molecule has 0 aromatic heterocycles. The highest BCUT2D eigenvalue weighted by atomic mass is 35.5. The number of amides is 1. The summed E-state index contributed by atoms with van der Waals surface area (Å²) < 4.78 is 25.1. The number of carbonyl (C=O) groups is 1. The molecule has 0 saturated carbocycles. The molecular formula is C13H27ClN4O3S. The Kier molecular flexibility index (Phi) is 8.06. The second-order valence-corrected chi connectivity index (χ2v) is 7.78. The Morgan fingerprint density at radius 2 is 1.64 bits per heavy atom. The van der Waals surface area contributed by atoms with E-state index in [0.29, 0.717) is 32.6 Å². The van der Waals surface area contributed by atoms with Crippen LogP contribution in [0.2, 0.25) is 0 Å². The van der Waals surface area contributed by atoms with Gasteiger partial charge in [-0.05, 0) is 6.92 Å². The fourth-order valence-electron chi connectivity index (χ4n) is 2.74. The van der Waals surface area contributed by atoms with Gasteiger partial charge in [0.2, 0.25) is 15.9 Å². The van der Waals surface area contributed by atoms with Crippen LogP contribution in [-0.4, -0.2) is 93.1 Å². The average Bonchev–Trinajstić information content (AvgIpc) is 2.54. The van der Waals surface area contributed by atoms with Crippen molar-refractivity contribution in [2.75, 3.05) is 64.7 Å². The first-order valence-electron chi connectivity index (χ1n) is 7.71. The third kappa shape index (κ3) is 5.34. The molecule has 1 N–H and O–H groups in total. The van der Waals surface area contributed by atoms with Crippen molar-refractivity contribution < 1.29 is 13.2 Å². The fraction of sp³-hybridized carbons (Fsp3) is 0.923. The molecule has 0 aromatic carbocycles. The van der Waals surface area contributed by atoms with Crippen molar-refractivity contribution in [1.29, 1.82) is 0 Å². The van der Waals surface area contributed by atoms with Crippen LogP contribution < -0.4 is 5.32 Å². The topological polar surface area (TPSA) is 73.0 Å². The van der Waals surface area contributed by atoms with Gasteiger partial charge in [0.1, 0.15) is 0 Å². The van der Waals surface area contributed by atoms with E-state index in [0.717, 1.165) is 32.7 Å². The fourth-order valence-corrected chi connectivity index (χ4v) is 3.82. The molecule has 0 spiro atoms. The number of hydrogen-bond donors (Lipinski definition) is 1. The van der Waals surface area contributed by atoms with Crippen molar-refractivity contribution in [3.8, 4) is 0 Å². The van der Waals surface area contributed by atoms with E-state index in [1.54, 1.807) is 11.2 Å². The van der Waals surface area contributed by atoms with Gasteiger partial charge in [0.15, 0.2) is 0 Å². The van der Waals surface area contributed by atoms with Crippen molar-refractivity contribution in [2.45, 2.75) is 13.3 Å². The molecule has 7 nitrogen and oxygen atoms in total. The summed E-state index contributed by atoms with van der Waals surface area (Å²) >= 11 is 0. The third-order valence-electron chi connectivity index (χ3n) is 4.20. The molecule has 0 aliphatic carbocycles. The Bertz CT molecular complexity index is 446. The van der Waals surface area contributed by atoms with E-state index in [4.69, 9.17) is 0 Å². The Morgan fingerprint density at radius 3 is 2.18 bits per heavy atom. The summed E-state index contributed by atoms with van der Waals surface area (Å²) in [7, 11) is -3.07. The van der Waals surface area contributed by atoms with Crippen molar-refractivity contribution in [3.05, 3.63) is 0 Å². The van der Waals surface area contributed by atoms with Gasteiger partial charge in [-0.1, -0.05) is 0 Å². The van der Waals surface area contributed by atoms with E-state index in [1.165, 1.54) is 0 Å². The van der Waals surface area contributed by atoms with Crippen molar-refractivity contribution in [3.63, 3.8) is 0 Å². The monoisotopic (exact) mass is 354 g/mol. The van der Waals surface area contributed by atoms with E-state index >= 15 is 0 Å². The van der Waals surface area contributed by atoms with Crippen LogP contribution in [0.3, 0.4) is 0 Å². The minimum atomic E-state index is -3.07. The van der Waals surface area contributed by atoms with Crippen LogP contribution >= 0.6 is 12.4 Å². The van der Waals surface area contributed by atoms with E-state index in [9.17, 15) is 13.2 Å². The maximum atomic E-state index is 12.1. The Hall–Kier alpha value is -0.410. The zero-order valence-electron chi connectivity index (χ0n) is 13.2. The lowest BCUT2D eigenvalue weighted by Crippen LogP contribution is -2.50. The number of nitrogens with one attached hydrogen (secondary N) is 1. The third-order valence-corrected chi connectivity index (χ3v) is 6.08. The molecule has 1 amide bonds. The maximum absolute atomic E-state index is 12.1. The molecular weight excluding hydrogens is 328 g/mol. The number of piperazine rings is 2. The second kappa shape index (κ2) is 9.02. The van der Waals surface area contributed by atoms with Gasteiger partial charge >= 0.3 is 0 Å². The van der Waals surface area contributed by atoms with Crippen LogP contribution in [0.15, 0.2) is 0 Å². The highest BCUT2D eigenvalue weighted by Crippen LogP contribution is 2.09. The first-order chi connectivity index (χ1) is 10.0. The Morgan fingerprint density at radius 1 is 1.05 bits per heavy atom. The predicted molar refractivity (Wildman–Crippen MR) is 88.8 cm³/mol. The molecule has 2 fully saturated rings. The van der Waals surface area contributed by atoms with Crippen LogP contribution in [0.4, 0.5) is 0 Å². The summed E-state index contributed by atoms with van der Waals surface area (Å²) in [5, 5.41) is 3.23. The van der Waals surface area contributed by atoms with E-state index in [-0.39, 0.29) is 24.1 Å². The van der Waals surface area contributed by atoms with Crippen LogP contribution in [0.25, 0.3) is 0 Å². The summed E-state index contributed by atoms with van der Waals surface area (Å²) in [5.41, 5.74) is 0. The van der Waals surface area contributed by atoms with Crippen LogP contribution in [0.1, 0.15) is 13.3 Å². The lowest BCUT2D eigenvalue weighted by atomic mass is 10.2. The minimum Gasteiger partial charge on any atom is -0.340 e. The van der Waals surface area contributed by atoms with Crippen molar-refractivity contribution in [1.82, 2.24) is 19.4 Å². The quantitative estimate of drug-likeness (QED) is 0.699. The lowest BCUT2D eigenvalue weighted by Gasteiger charge is -2.34. The smallest absolute Gasteiger partial charge is 0.223 e. The predicted octanol–water partition coefficient (Wildman–Crippen LogP) is -0.803. The highest BCUT2D eigenvalue weighted by molar-refractivity contribution is 7.89. The molecule has 2 heterocycles. The second-order valence-electron chi connectivity index (χ2n) is 5.52. The van der Waals surface area contributed by atoms with Gasteiger partial charge < -0.3 is 15.1 Å². The number of hydrogen-bond acceptors (Lipinski definition) is 5. The molecule has 0 aromatic rings. The van der Waals surface area contributed by atoms with Gasteiger partial charge in [-0.2, -0.15) is 4.31 Å². The highest BCUT2D eigenvalue weighted by Gasteiger charge is 2.26. The molecule has 2 rings (SSSR count). The zero-order valence-corrected chi connectivity index (χ0v) is 14.8. The largest absolute Gasteiger partial charge is 0.340 e. The molecule has 2 aliphatic rings. The summed E-state index contributed by atoms with van der Waals surface area (Å²) in [5.74, 6) is 0.370. The van der Waals surface area contributed by atoms with Crippen LogP contribution in [-0.2, 0) is 14.8 Å².